The van der Waals surface area contributed by atoms with Crippen LogP contribution in [0, 0.1) is 0 Å². The Hall–Kier alpha value is -1.04. The first-order valence-electron chi connectivity index (χ1n) is 6.41. The van der Waals surface area contributed by atoms with Crippen LogP contribution in [0.4, 0.5) is 5.82 Å². The molecule has 0 radical (unpaired) electrons. The summed E-state index contributed by atoms with van der Waals surface area (Å²) in [5.41, 5.74) is 0.0272. The molecule has 0 amide bonds. The lowest BCUT2D eigenvalue weighted by Crippen LogP contribution is -2.42. The number of pyridine rings is 1. The maximum Gasteiger partial charge on any atom is 0.341 e. The van der Waals surface area contributed by atoms with Crippen LogP contribution in [0.5, 0.6) is 0 Å². The largest absolute Gasteiger partial charge is 0.478 e. The highest BCUT2D eigenvalue weighted by Gasteiger charge is 2.26. The number of carbonyl (C=O) groups is 1. The Morgan fingerprint density at radius 3 is 2.50 bits per heavy atom. The minimum Gasteiger partial charge on any atom is -0.478 e. The van der Waals surface area contributed by atoms with E-state index < -0.39 is 5.97 Å². The van der Waals surface area contributed by atoms with E-state index in [2.05, 4.69) is 24.0 Å². The van der Waals surface area contributed by atoms with Gasteiger partial charge in [0, 0.05) is 19.1 Å². The molecule has 7 heteroatoms. The Bertz CT molecular complexity index is 515. The van der Waals surface area contributed by atoms with Crippen molar-refractivity contribution >= 4 is 35.0 Å². The zero-order valence-corrected chi connectivity index (χ0v) is 12.9. The molecule has 0 aromatic carbocycles. The molecule has 1 N–H and O–H groups in total. The molecule has 2 heterocycles. The molecule has 2 rings (SSSR count). The van der Waals surface area contributed by atoms with E-state index in [0.717, 1.165) is 25.9 Å². The van der Waals surface area contributed by atoms with Gasteiger partial charge in [-0.2, -0.15) is 0 Å². The topological polar surface area (TPSA) is 56.7 Å². The summed E-state index contributed by atoms with van der Waals surface area (Å²) in [5.74, 6) is -0.712. The monoisotopic (exact) mass is 317 g/mol. The van der Waals surface area contributed by atoms with Crippen molar-refractivity contribution < 1.29 is 9.90 Å². The minimum atomic E-state index is -1.08. The van der Waals surface area contributed by atoms with Gasteiger partial charge in [0.2, 0.25) is 0 Å². The second-order valence-electron chi connectivity index (χ2n) is 5.11. The smallest absolute Gasteiger partial charge is 0.341 e. The van der Waals surface area contributed by atoms with Gasteiger partial charge in [-0.1, -0.05) is 23.2 Å². The number of hydrogen-bond donors (Lipinski definition) is 1. The lowest BCUT2D eigenvalue weighted by atomic mass is 10.0. The summed E-state index contributed by atoms with van der Waals surface area (Å²) in [6.07, 6.45) is 1.91. The van der Waals surface area contributed by atoms with Crippen LogP contribution in [-0.2, 0) is 0 Å². The first-order chi connectivity index (χ1) is 9.40. The van der Waals surface area contributed by atoms with Gasteiger partial charge in [0.05, 0.1) is 5.02 Å². The summed E-state index contributed by atoms with van der Waals surface area (Å²) in [5, 5.41) is 9.65. The zero-order valence-electron chi connectivity index (χ0n) is 11.4. The summed E-state index contributed by atoms with van der Waals surface area (Å²) in [7, 11) is 4.11. The van der Waals surface area contributed by atoms with Crippen LogP contribution in [0.25, 0.3) is 0 Å². The van der Waals surface area contributed by atoms with Gasteiger partial charge in [0.25, 0.3) is 0 Å². The van der Waals surface area contributed by atoms with Crippen molar-refractivity contribution in [2.45, 2.75) is 18.9 Å². The molecule has 0 saturated carbocycles. The molecule has 1 aliphatic heterocycles. The van der Waals surface area contributed by atoms with Crippen LogP contribution >= 0.6 is 23.2 Å². The highest BCUT2D eigenvalue weighted by atomic mass is 35.5. The van der Waals surface area contributed by atoms with Crippen molar-refractivity contribution in [1.82, 2.24) is 9.88 Å². The van der Waals surface area contributed by atoms with E-state index in [-0.39, 0.29) is 15.7 Å². The van der Waals surface area contributed by atoms with Crippen LogP contribution in [0.2, 0.25) is 10.2 Å². The zero-order chi connectivity index (χ0) is 14.9. The van der Waals surface area contributed by atoms with E-state index in [4.69, 9.17) is 23.2 Å². The number of carboxylic acid groups (broad SMARTS) is 1. The Morgan fingerprint density at radius 2 is 2.00 bits per heavy atom. The van der Waals surface area contributed by atoms with Gasteiger partial charge in [0.15, 0.2) is 0 Å². The summed E-state index contributed by atoms with van der Waals surface area (Å²) >= 11 is 11.9. The normalized spacial score (nSPS) is 16.8. The number of aromatic carboxylic acids is 1. The summed E-state index contributed by atoms with van der Waals surface area (Å²) < 4.78 is 0. The third kappa shape index (κ3) is 3.16. The molecule has 0 unspecified atom stereocenters. The molecule has 1 aromatic heterocycles. The average molecular weight is 318 g/mol. The number of hydrogen-bond acceptors (Lipinski definition) is 4. The number of anilines is 1. The van der Waals surface area contributed by atoms with Crippen molar-refractivity contribution in [2.75, 3.05) is 32.1 Å². The highest BCUT2D eigenvalue weighted by molar-refractivity contribution is 6.36. The first-order valence-corrected chi connectivity index (χ1v) is 7.16. The van der Waals surface area contributed by atoms with Gasteiger partial charge in [-0.15, -0.1) is 0 Å². The van der Waals surface area contributed by atoms with Gasteiger partial charge in [-0.3, -0.25) is 0 Å². The predicted octanol–water partition coefficient (Wildman–Crippen LogP) is 2.62. The fourth-order valence-corrected chi connectivity index (χ4v) is 3.01. The predicted molar refractivity (Wildman–Crippen MR) is 80.1 cm³/mol. The molecule has 110 valence electrons. The third-order valence-corrected chi connectivity index (χ3v) is 4.12. The number of carboxylic acids is 1. The molecule has 20 heavy (non-hydrogen) atoms. The summed E-state index contributed by atoms with van der Waals surface area (Å²) in [4.78, 5) is 19.7. The third-order valence-electron chi connectivity index (χ3n) is 3.63. The fraction of sp³-hybridized carbons (Fsp3) is 0.538. The van der Waals surface area contributed by atoms with E-state index >= 15 is 0 Å². The fourth-order valence-electron chi connectivity index (χ4n) is 2.49. The van der Waals surface area contributed by atoms with Gasteiger partial charge in [0.1, 0.15) is 16.5 Å². The van der Waals surface area contributed by atoms with Gasteiger partial charge >= 0.3 is 5.97 Å². The second-order valence-corrected chi connectivity index (χ2v) is 5.91. The van der Waals surface area contributed by atoms with Crippen LogP contribution in [0.1, 0.15) is 23.2 Å². The maximum absolute atomic E-state index is 11.4. The van der Waals surface area contributed by atoms with Crippen molar-refractivity contribution in [3.63, 3.8) is 0 Å². The minimum absolute atomic E-state index is 0.0272. The van der Waals surface area contributed by atoms with Crippen LogP contribution in [-0.4, -0.2) is 54.2 Å². The maximum atomic E-state index is 11.4. The summed E-state index contributed by atoms with van der Waals surface area (Å²) in [6.45, 7) is 1.49. The molecule has 1 aliphatic rings. The van der Waals surface area contributed by atoms with Gasteiger partial charge in [-0.05, 0) is 33.0 Å². The molecule has 0 aliphatic carbocycles. The van der Waals surface area contributed by atoms with Crippen molar-refractivity contribution in [3.8, 4) is 0 Å². The van der Waals surface area contributed by atoms with Crippen LogP contribution in [0.3, 0.4) is 0 Å². The molecule has 5 nitrogen and oxygen atoms in total. The number of nitrogens with zero attached hydrogens (tertiary/aromatic N) is 3. The van der Waals surface area contributed by atoms with Crippen molar-refractivity contribution in [2.24, 2.45) is 0 Å². The molecule has 0 bridgehead atoms. The van der Waals surface area contributed by atoms with Crippen molar-refractivity contribution in [3.05, 3.63) is 21.8 Å². The molecule has 0 spiro atoms. The molecule has 0 atom stereocenters. The van der Waals surface area contributed by atoms with Gasteiger partial charge in [-0.25, -0.2) is 9.78 Å². The highest BCUT2D eigenvalue weighted by Crippen LogP contribution is 2.30. The number of halogens is 2. The summed E-state index contributed by atoms with van der Waals surface area (Å²) in [6, 6.07) is 1.87. The number of rotatable bonds is 3. The quantitative estimate of drug-likeness (QED) is 0.868. The molecular formula is C13H17Cl2N3O2. The standard InChI is InChI=1S/C13H17Cl2N3O2/c1-17(2)8-3-5-18(6-4-8)12-11(13(19)20)9(14)7-10(15)16-12/h7-8H,3-6H2,1-2H3,(H,19,20). The Balaban J connectivity index is 2.27. The van der Waals surface area contributed by atoms with Crippen LogP contribution < -0.4 is 4.90 Å². The Morgan fingerprint density at radius 1 is 1.40 bits per heavy atom. The van der Waals surface area contributed by atoms with Gasteiger partial charge < -0.3 is 14.9 Å². The van der Waals surface area contributed by atoms with E-state index in [0.29, 0.717) is 11.9 Å². The first kappa shape index (κ1) is 15.4. The van der Waals surface area contributed by atoms with Crippen LogP contribution in [0.15, 0.2) is 6.07 Å². The number of aromatic nitrogens is 1. The lowest BCUT2D eigenvalue weighted by Gasteiger charge is -2.36. The number of piperidine rings is 1. The van der Waals surface area contributed by atoms with E-state index in [1.54, 1.807) is 0 Å². The van der Waals surface area contributed by atoms with E-state index in [1.165, 1.54) is 6.07 Å². The SMILES string of the molecule is CN(C)C1CCN(c2nc(Cl)cc(Cl)c2C(=O)O)CC1. The van der Waals surface area contributed by atoms with E-state index in [1.807, 2.05) is 4.90 Å². The molecular weight excluding hydrogens is 301 g/mol. The molecule has 1 saturated heterocycles. The van der Waals surface area contributed by atoms with Crippen molar-refractivity contribution in [1.29, 1.82) is 0 Å². The lowest BCUT2D eigenvalue weighted by molar-refractivity contribution is 0.0697. The average Bonchev–Trinajstić information content (AvgIpc) is 2.37. The molecule has 1 fully saturated rings. The second kappa shape index (κ2) is 6.16. The Labute approximate surface area is 128 Å². The Kier molecular flexibility index (Phi) is 4.73. The van der Waals surface area contributed by atoms with E-state index in [9.17, 15) is 9.90 Å². The molecule has 1 aromatic rings.